The van der Waals surface area contributed by atoms with Gasteiger partial charge in [-0.1, -0.05) is 6.07 Å². The summed E-state index contributed by atoms with van der Waals surface area (Å²) in [5.41, 5.74) is 3.62. The first-order valence-electron chi connectivity index (χ1n) is 9.34. The number of hydrogen-bond acceptors (Lipinski definition) is 7. The summed E-state index contributed by atoms with van der Waals surface area (Å²) in [5.74, 6) is -1.58. The molecule has 2 amide bonds. The number of anilines is 1. The molecule has 1 heterocycles. The predicted molar refractivity (Wildman–Crippen MR) is 110 cm³/mol. The van der Waals surface area contributed by atoms with Gasteiger partial charge in [0.2, 0.25) is 0 Å². The second-order valence-electron chi connectivity index (χ2n) is 6.41. The molecule has 0 aliphatic carbocycles. The third-order valence-electron chi connectivity index (χ3n) is 4.27. The Morgan fingerprint density at radius 3 is 2.39 bits per heavy atom. The van der Waals surface area contributed by atoms with Crippen LogP contribution in [0, 0.1) is 0 Å². The highest BCUT2D eigenvalue weighted by Crippen LogP contribution is 2.30. The van der Waals surface area contributed by atoms with Gasteiger partial charge in [-0.05, 0) is 55.0 Å². The predicted octanol–water partition coefficient (Wildman–Crippen LogP) is 2.26. The fourth-order valence-electron chi connectivity index (χ4n) is 2.89. The average molecular weight is 424 g/mol. The molecule has 1 saturated heterocycles. The van der Waals surface area contributed by atoms with Crippen LogP contribution in [0.15, 0.2) is 48.0 Å². The van der Waals surface area contributed by atoms with E-state index in [1.165, 1.54) is 50.4 Å². The minimum Gasteiger partial charge on any atom is -0.490 e. The van der Waals surface area contributed by atoms with Gasteiger partial charge in [-0.3, -0.25) is 19.8 Å². The van der Waals surface area contributed by atoms with E-state index in [1.54, 1.807) is 19.1 Å². The van der Waals surface area contributed by atoms with Crippen LogP contribution >= 0.6 is 0 Å². The lowest BCUT2D eigenvalue weighted by molar-refractivity contribution is -0.132. The zero-order valence-corrected chi connectivity index (χ0v) is 17.1. The van der Waals surface area contributed by atoms with Gasteiger partial charge in [0.05, 0.1) is 25.0 Å². The molecule has 9 nitrogen and oxygen atoms in total. The van der Waals surface area contributed by atoms with Crippen molar-refractivity contribution in [1.82, 2.24) is 5.43 Å². The Morgan fingerprint density at radius 2 is 1.77 bits per heavy atom. The Hall–Kier alpha value is -4.14. The molecular weight excluding hydrogens is 404 g/mol. The molecule has 1 N–H and O–H groups in total. The van der Waals surface area contributed by atoms with Crippen LogP contribution in [0.2, 0.25) is 0 Å². The number of rotatable bonds is 6. The van der Waals surface area contributed by atoms with Gasteiger partial charge >= 0.3 is 11.9 Å². The molecule has 0 radical (unpaired) electrons. The Balaban J connectivity index is 1.87. The number of amides is 2. The van der Waals surface area contributed by atoms with Crippen LogP contribution < -0.4 is 19.9 Å². The Kier molecular flexibility index (Phi) is 6.35. The fourth-order valence-corrected chi connectivity index (χ4v) is 2.89. The summed E-state index contributed by atoms with van der Waals surface area (Å²) >= 11 is 0. The van der Waals surface area contributed by atoms with E-state index in [0.717, 1.165) is 5.01 Å². The molecule has 0 saturated carbocycles. The van der Waals surface area contributed by atoms with Crippen molar-refractivity contribution in [2.75, 3.05) is 18.7 Å². The number of esters is 2. The maximum atomic E-state index is 12.8. The number of carbonyl (C=O) groups is 4. The van der Waals surface area contributed by atoms with Crippen molar-refractivity contribution in [2.45, 2.75) is 13.8 Å². The van der Waals surface area contributed by atoms with Crippen molar-refractivity contribution in [3.8, 4) is 11.5 Å². The quantitative estimate of drug-likeness (QED) is 0.328. The lowest BCUT2D eigenvalue weighted by Gasteiger charge is -2.14. The molecule has 0 aromatic heterocycles. The third kappa shape index (κ3) is 4.72. The molecule has 2 aromatic carbocycles. The summed E-state index contributed by atoms with van der Waals surface area (Å²) < 4.78 is 15.2. The number of methoxy groups -OCH3 is 1. The SMILES string of the molecule is CCOc1cc(C=C2C(=O)NN(c3ccc(C(=O)OC)cc3)C2=O)ccc1OC(C)=O. The van der Waals surface area contributed by atoms with Crippen molar-refractivity contribution in [1.29, 1.82) is 0 Å². The normalized spacial score (nSPS) is 14.4. The van der Waals surface area contributed by atoms with Crippen LogP contribution in [0.5, 0.6) is 11.5 Å². The van der Waals surface area contributed by atoms with E-state index in [1.807, 2.05) is 0 Å². The molecule has 0 atom stereocenters. The van der Waals surface area contributed by atoms with Crippen molar-refractivity contribution >= 4 is 35.5 Å². The number of hydrogen-bond donors (Lipinski definition) is 1. The molecule has 1 aliphatic heterocycles. The Bertz CT molecular complexity index is 1070. The number of nitrogens with one attached hydrogen (secondary N) is 1. The van der Waals surface area contributed by atoms with Gasteiger partial charge in [-0.2, -0.15) is 0 Å². The van der Waals surface area contributed by atoms with Crippen LogP contribution in [-0.2, 0) is 19.1 Å². The second-order valence-corrected chi connectivity index (χ2v) is 6.41. The minimum absolute atomic E-state index is 0.0836. The zero-order chi connectivity index (χ0) is 22.5. The standard InChI is InChI=1S/C22H20N2O7/c1-4-30-19-12-14(5-10-18(19)31-13(2)25)11-17-20(26)23-24(21(17)27)16-8-6-15(7-9-16)22(28)29-3/h5-12H,4H2,1-3H3,(H,23,26). The molecule has 0 bridgehead atoms. The summed E-state index contributed by atoms with van der Waals surface area (Å²) in [7, 11) is 1.27. The molecule has 2 aromatic rings. The van der Waals surface area contributed by atoms with Crippen LogP contribution in [0.25, 0.3) is 6.08 Å². The summed E-state index contributed by atoms with van der Waals surface area (Å²) in [6, 6.07) is 10.7. The zero-order valence-electron chi connectivity index (χ0n) is 17.1. The monoisotopic (exact) mass is 424 g/mol. The third-order valence-corrected chi connectivity index (χ3v) is 4.27. The van der Waals surface area contributed by atoms with Gasteiger partial charge in [0.1, 0.15) is 5.57 Å². The van der Waals surface area contributed by atoms with E-state index in [4.69, 9.17) is 9.47 Å². The topological polar surface area (TPSA) is 111 Å². The highest BCUT2D eigenvalue weighted by Gasteiger charge is 2.34. The lowest BCUT2D eigenvalue weighted by Crippen LogP contribution is -2.35. The second kappa shape index (κ2) is 9.12. The van der Waals surface area contributed by atoms with E-state index >= 15 is 0 Å². The number of carbonyl (C=O) groups excluding carboxylic acids is 4. The number of benzene rings is 2. The summed E-state index contributed by atoms with van der Waals surface area (Å²) in [6.07, 6.45) is 1.42. The molecule has 3 rings (SSSR count). The highest BCUT2D eigenvalue weighted by atomic mass is 16.6. The Morgan fingerprint density at radius 1 is 1.06 bits per heavy atom. The maximum Gasteiger partial charge on any atom is 0.337 e. The van der Waals surface area contributed by atoms with Crippen LogP contribution in [-0.4, -0.2) is 37.5 Å². The number of hydrazine groups is 1. The van der Waals surface area contributed by atoms with Crippen LogP contribution in [0.4, 0.5) is 5.69 Å². The van der Waals surface area contributed by atoms with E-state index in [9.17, 15) is 19.2 Å². The lowest BCUT2D eigenvalue weighted by atomic mass is 10.1. The molecule has 9 heteroatoms. The molecule has 31 heavy (non-hydrogen) atoms. The minimum atomic E-state index is -0.580. The van der Waals surface area contributed by atoms with Crippen molar-refractivity contribution in [3.63, 3.8) is 0 Å². The summed E-state index contributed by atoms with van der Waals surface area (Å²) in [4.78, 5) is 48.0. The van der Waals surface area contributed by atoms with E-state index in [0.29, 0.717) is 29.2 Å². The van der Waals surface area contributed by atoms with E-state index in [2.05, 4.69) is 10.2 Å². The molecular formula is C22H20N2O7. The first kappa shape index (κ1) is 21.6. The maximum absolute atomic E-state index is 12.8. The largest absolute Gasteiger partial charge is 0.490 e. The average Bonchev–Trinajstić information content (AvgIpc) is 3.03. The van der Waals surface area contributed by atoms with Gasteiger partial charge in [-0.25, -0.2) is 9.80 Å². The van der Waals surface area contributed by atoms with Gasteiger partial charge in [0.15, 0.2) is 11.5 Å². The van der Waals surface area contributed by atoms with Crippen molar-refractivity contribution in [2.24, 2.45) is 0 Å². The van der Waals surface area contributed by atoms with Crippen LogP contribution in [0.3, 0.4) is 0 Å². The number of ether oxygens (including phenoxy) is 3. The van der Waals surface area contributed by atoms with Gasteiger partial charge in [-0.15, -0.1) is 0 Å². The highest BCUT2D eigenvalue weighted by molar-refractivity contribution is 6.31. The number of nitrogens with zero attached hydrogens (tertiary/aromatic N) is 1. The van der Waals surface area contributed by atoms with E-state index < -0.39 is 23.8 Å². The first-order chi connectivity index (χ1) is 14.8. The molecule has 1 aliphatic rings. The molecule has 0 spiro atoms. The van der Waals surface area contributed by atoms with Crippen molar-refractivity contribution in [3.05, 3.63) is 59.2 Å². The first-order valence-corrected chi connectivity index (χ1v) is 9.34. The molecule has 0 unspecified atom stereocenters. The summed E-state index contributed by atoms with van der Waals surface area (Å²) in [5, 5.41) is 1.09. The fraction of sp³-hybridized carbons (Fsp3) is 0.182. The smallest absolute Gasteiger partial charge is 0.337 e. The molecule has 1 fully saturated rings. The van der Waals surface area contributed by atoms with Gasteiger partial charge < -0.3 is 14.2 Å². The van der Waals surface area contributed by atoms with Gasteiger partial charge in [0, 0.05) is 6.92 Å². The van der Waals surface area contributed by atoms with Crippen molar-refractivity contribution < 1.29 is 33.4 Å². The van der Waals surface area contributed by atoms with Gasteiger partial charge in [0.25, 0.3) is 11.8 Å². The van der Waals surface area contributed by atoms with E-state index in [-0.39, 0.29) is 11.3 Å². The molecule has 160 valence electrons. The Labute approximate surface area is 178 Å². The summed E-state index contributed by atoms with van der Waals surface area (Å²) in [6.45, 7) is 3.39. The van der Waals surface area contributed by atoms with Crippen LogP contribution in [0.1, 0.15) is 29.8 Å².